The molecule has 0 aromatic carbocycles. The molecule has 2 heterocycles. The van der Waals surface area contributed by atoms with E-state index in [0.29, 0.717) is 6.04 Å². The van der Waals surface area contributed by atoms with Crippen molar-refractivity contribution in [3.63, 3.8) is 0 Å². The van der Waals surface area contributed by atoms with Crippen LogP contribution in [0.3, 0.4) is 0 Å². The highest BCUT2D eigenvalue weighted by Gasteiger charge is 2.18. The summed E-state index contributed by atoms with van der Waals surface area (Å²) in [6.45, 7) is 3.37. The lowest BCUT2D eigenvalue weighted by atomic mass is 10.1. The quantitative estimate of drug-likeness (QED) is 0.810. The van der Waals surface area contributed by atoms with Crippen molar-refractivity contribution in [2.45, 2.75) is 18.9 Å². The van der Waals surface area contributed by atoms with Crippen LogP contribution in [0.4, 0.5) is 5.82 Å². The van der Waals surface area contributed by atoms with Gasteiger partial charge in [-0.05, 0) is 31.2 Å². The number of anilines is 1. The Balaban J connectivity index is 1.74. The van der Waals surface area contributed by atoms with Crippen LogP contribution in [0.1, 0.15) is 12.8 Å². The molecule has 94 valence electrons. The highest BCUT2D eigenvalue weighted by atomic mass is 32.2. The summed E-state index contributed by atoms with van der Waals surface area (Å²) in [6.07, 6.45) is 6.49. The minimum Gasteiger partial charge on any atom is -0.357 e. The van der Waals surface area contributed by atoms with Gasteiger partial charge < -0.3 is 10.2 Å². The molecular weight excluding hydrogens is 230 g/mol. The Morgan fingerprint density at radius 2 is 2.24 bits per heavy atom. The molecule has 2 rings (SSSR count). The maximum atomic E-state index is 4.41. The van der Waals surface area contributed by atoms with Crippen LogP contribution in [0.25, 0.3) is 0 Å². The first kappa shape index (κ1) is 12.7. The van der Waals surface area contributed by atoms with Crippen molar-refractivity contribution in [3.05, 3.63) is 24.4 Å². The lowest BCUT2D eigenvalue weighted by molar-refractivity contribution is 0.423. The number of rotatable bonds is 5. The number of piperidine rings is 1. The van der Waals surface area contributed by atoms with Crippen molar-refractivity contribution in [1.29, 1.82) is 0 Å². The first-order valence-electron chi connectivity index (χ1n) is 6.28. The van der Waals surface area contributed by atoms with Crippen molar-refractivity contribution < 1.29 is 0 Å². The molecule has 1 aliphatic rings. The molecule has 3 nitrogen and oxygen atoms in total. The number of pyridine rings is 1. The molecule has 0 aliphatic carbocycles. The van der Waals surface area contributed by atoms with E-state index in [1.54, 1.807) is 0 Å². The number of hydrogen-bond acceptors (Lipinski definition) is 4. The third kappa shape index (κ3) is 3.89. The summed E-state index contributed by atoms with van der Waals surface area (Å²) in [4.78, 5) is 6.79. The molecule has 0 saturated carbocycles. The molecule has 1 saturated heterocycles. The van der Waals surface area contributed by atoms with E-state index < -0.39 is 0 Å². The first-order chi connectivity index (χ1) is 8.40. The average molecular weight is 251 g/mol. The van der Waals surface area contributed by atoms with Crippen LogP contribution in [0.2, 0.25) is 0 Å². The van der Waals surface area contributed by atoms with Crippen LogP contribution in [0, 0.1) is 0 Å². The zero-order valence-corrected chi connectivity index (χ0v) is 11.2. The Morgan fingerprint density at radius 3 is 2.88 bits per heavy atom. The highest BCUT2D eigenvalue weighted by Crippen LogP contribution is 2.17. The monoisotopic (exact) mass is 251 g/mol. The van der Waals surface area contributed by atoms with E-state index in [2.05, 4.69) is 33.6 Å². The van der Waals surface area contributed by atoms with Crippen LogP contribution in [-0.4, -0.2) is 42.7 Å². The van der Waals surface area contributed by atoms with Crippen LogP contribution < -0.4 is 10.2 Å². The second-order valence-corrected chi connectivity index (χ2v) is 5.38. The predicted octanol–water partition coefficient (Wildman–Crippen LogP) is 2.00. The largest absolute Gasteiger partial charge is 0.357 e. The standard InChI is InChI=1S/C13H21N3S/c1-17-11-8-14-12-5-9-16(10-6-12)13-4-2-3-7-15-13/h2-4,7,12,14H,5-6,8-11H2,1H3. The molecule has 0 unspecified atom stereocenters. The minimum atomic E-state index is 0.696. The number of nitrogens with zero attached hydrogens (tertiary/aromatic N) is 2. The molecule has 0 bridgehead atoms. The van der Waals surface area contributed by atoms with E-state index >= 15 is 0 Å². The van der Waals surface area contributed by atoms with Gasteiger partial charge in [-0.3, -0.25) is 0 Å². The zero-order valence-electron chi connectivity index (χ0n) is 10.4. The fraction of sp³-hybridized carbons (Fsp3) is 0.615. The van der Waals surface area contributed by atoms with Gasteiger partial charge in [0.2, 0.25) is 0 Å². The first-order valence-corrected chi connectivity index (χ1v) is 7.68. The number of hydrogen-bond donors (Lipinski definition) is 1. The zero-order chi connectivity index (χ0) is 11.9. The van der Waals surface area contributed by atoms with Crippen molar-refractivity contribution in [2.75, 3.05) is 36.5 Å². The van der Waals surface area contributed by atoms with Crippen molar-refractivity contribution in [3.8, 4) is 0 Å². The third-order valence-electron chi connectivity index (χ3n) is 3.21. The molecule has 0 amide bonds. The molecule has 1 aliphatic heterocycles. The molecule has 1 fully saturated rings. The maximum Gasteiger partial charge on any atom is 0.128 e. The van der Waals surface area contributed by atoms with Gasteiger partial charge in [0.15, 0.2) is 0 Å². The summed E-state index contributed by atoms with van der Waals surface area (Å²) >= 11 is 1.90. The fourth-order valence-electron chi connectivity index (χ4n) is 2.22. The van der Waals surface area contributed by atoms with Gasteiger partial charge in [-0.2, -0.15) is 11.8 Å². The molecule has 1 aromatic rings. The molecule has 4 heteroatoms. The molecule has 0 radical (unpaired) electrons. The fourth-order valence-corrected chi connectivity index (χ4v) is 2.54. The number of nitrogens with one attached hydrogen (secondary N) is 1. The summed E-state index contributed by atoms with van der Waals surface area (Å²) in [5.74, 6) is 2.33. The Kier molecular flexibility index (Phi) is 5.13. The van der Waals surface area contributed by atoms with Crippen molar-refractivity contribution in [2.24, 2.45) is 0 Å². The summed E-state index contributed by atoms with van der Waals surface area (Å²) in [5, 5.41) is 3.63. The molecule has 1 aromatic heterocycles. The Labute approximate surface area is 108 Å². The van der Waals surface area contributed by atoms with E-state index in [-0.39, 0.29) is 0 Å². The molecule has 1 N–H and O–H groups in total. The van der Waals surface area contributed by atoms with Gasteiger partial charge in [-0.25, -0.2) is 4.98 Å². The van der Waals surface area contributed by atoms with E-state index in [0.717, 1.165) is 25.5 Å². The van der Waals surface area contributed by atoms with Crippen LogP contribution in [0.5, 0.6) is 0 Å². The molecule has 17 heavy (non-hydrogen) atoms. The lowest BCUT2D eigenvalue weighted by Crippen LogP contribution is -2.43. The normalized spacial score (nSPS) is 17.4. The number of thioether (sulfide) groups is 1. The SMILES string of the molecule is CSCCNC1CCN(c2ccccn2)CC1. The Morgan fingerprint density at radius 1 is 1.41 bits per heavy atom. The van der Waals surface area contributed by atoms with Crippen LogP contribution in [-0.2, 0) is 0 Å². The van der Waals surface area contributed by atoms with Crippen molar-refractivity contribution >= 4 is 17.6 Å². The second-order valence-electron chi connectivity index (χ2n) is 4.40. The van der Waals surface area contributed by atoms with Crippen molar-refractivity contribution in [1.82, 2.24) is 10.3 Å². The van der Waals surface area contributed by atoms with E-state index in [4.69, 9.17) is 0 Å². The Hall–Kier alpha value is -0.740. The Bertz CT molecular complexity index is 310. The average Bonchev–Trinajstić information content (AvgIpc) is 2.41. The predicted molar refractivity (Wildman–Crippen MR) is 75.9 cm³/mol. The van der Waals surface area contributed by atoms with Gasteiger partial charge in [-0.15, -0.1) is 0 Å². The molecule has 0 atom stereocenters. The highest BCUT2D eigenvalue weighted by molar-refractivity contribution is 7.98. The third-order valence-corrected chi connectivity index (χ3v) is 3.82. The molecule has 0 spiro atoms. The van der Waals surface area contributed by atoms with Gasteiger partial charge in [0, 0.05) is 37.6 Å². The summed E-state index contributed by atoms with van der Waals surface area (Å²) < 4.78 is 0. The van der Waals surface area contributed by atoms with Gasteiger partial charge in [0.25, 0.3) is 0 Å². The minimum absolute atomic E-state index is 0.696. The van der Waals surface area contributed by atoms with Gasteiger partial charge in [0.05, 0.1) is 0 Å². The molecular formula is C13H21N3S. The van der Waals surface area contributed by atoms with E-state index in [9.17, 15) is 0 Å². The van der Waals surface area contributed by atoms with Gasteiger partial charge in [0.1, 0.15) is 5.82 Å². The van der Waals surface area contributed by atoms with Crippen LogP contribution in [0.15, 0.2) is 24.4 Å². The summed E-state index contributed by atoms with van der Waals surface area (Å²) in [5.41, 5.74) is 0. The number of aromatic nitrogens is 1. The van der Waals surface area contributed by atoms with Gasteiger partial charge in [-0.1, -0.05) is 6.07 Å². The van der Waals surface area contributed by atoms with E-state index in [1.165, 1.54) is 18.6 Å². The maximum absolute atomic E-state index is 4.41. The summed E-state index contributed by atoms with van der Waals surface area (Å²) in [6, 6.07) is 6.83. The lowest BCUT2D eigenvalue weighted by Gasteiger charge is -2.33. The van der Waals surface area contributed by atoms with Gasteiger partial charge >= 0.3 is 0 Å². The summed E-state index contributed by atoms with van der Waals surface area (Å²) in [7, 11) is 0. The van der Waals surface area contributed by atoms with Crippen LogP contribution >= 0.6 is 11.8 Å². The topological polar surface area (TPSA) is 28.2 Å². The smallest absolute Gasteiger partial charge is 0.128 e. The second kappa shape index (κ2) is 6.87. The van der Waals surface area contributed by atoms with E-state index in [1.807, 2.05) is 24.0 Å².